The fraction of sp³-hybridized carbons (Fsp3) is 0.235. The van der Waals surface area contributed by atoms with E-state index in [1.165, 1.54) is 25.1 Å². The second-order valence-corrected chi connectivity index (χ2v) is 5.10. The van der Waals surface area contributed by atoms with Gasteiger partial charge in [0.2, 0.25) is 0 Å². The fourth-order valence-electron chi connectivity index (χ4n) is 2.28. The second-order valence-electron chi connectivity index (χ2n) is 5.10. The number of ether oxygens (including phenoxy) is 2. The summed E-state index contributed by atoms with van der Waals surface area (Å²) >= 11 is 0. The van der Waals surface area contributed by atoms with Gasteiger partial charge < -0.3 is 9.47 Å². The van der Waals surface area contributed by atoms with Crippen molar-refractivity contribution in [1.82, 2.24) is 0 Å². The molecule has 2 aromatic rings. The summed E-state index contributed by atoms with van der Waals surface area (Å²) in [5, 5.41) is 10.9. The molecule has 0 aliphatic carbocycles. The van der Waals surface area contributed by atoms with E-state index in [9.17, 15) is 14.9 Å². The predicted octanol–water partition coefficient (Wildman–Crippen LogP) is 3.58. The topological polar surface area (TPSA) is 78.7 Å². The third-order valence-corrected chi connectivity index (χ3v) is 3.52. The van der Waals surface area contributed by atoms with Gasteiger partial charge in [0.25, 0.3) is 5.69 Å². The van der Waals surface area contributed by atoms with Crippen LogP contribution in [0.3, 0.4) is 0 Å². The van der Waals surface area contributed by atoms with Crippen LogP contribution >= 0.6 is 0 Å². The van der Waals surface area contributed by atoms with Gasteiger partial charge >= 0.3 is 5.97 Å². The fourth-order valence-corrected chi connectivity index (χ4v) is 2.28. The number of nitro groups is 1. The first kappa shape index (κ1) is 16.5. The molecule has 0 aliphatic rings. The van der Waals surface area contributed by atoms with E-state index in [-0.39, 0.29) is 17.9 Å². The van der Waals surface area contributed by atoms with Crippen LogP contribution in [0.4, 0.5) is 5.69 Å². The molecule has 6 nitrogen and oxygen atoms in total. The summed E-state index contributed by atoms with van der Waals surface area (Å²) in [6.45, 7) is 3.49. The van der Waals surface area contributed by atoms with Gasteiger partial charge in [0.15, 0.2) is 0 Å². The van der Waals surface area contributed by atoms with Crippen LogP contribution in [-0.2, 0) is 11.3 Å². The molecule has 0 unspecified atom stereocenters. The summed E-state index contributed by atoms with van der Waals surface area (Å²) in [5.41, 5.74) is 2.13. The first-order chi connectivity index (χ1) is 10.9. The molecule has 2 aromatic carbocycles. The van der Waals surface area contributed by atoms with Gasteiger partial charge in [-0.05, 0) is 32.0 Å². The molecule has 0 spiro atoms. The molecule has 0 radical (unpaired) electrons. The SMILES string of the molecule is COc1ccc(C)cc1COC(=O)c1cccc([N+](=O)[O-])c1C. The molecule has 0 aliphatic heterocycles. The Kier molecular flexibility index (Phi) is 4.95. The molecule has 0 saturated heterocycles. The number of aryl methyl sites for hydroxylation is 1. The largest absolute Gasteiger partial charge is 0.496 e. The summed E-state index contributed by atoms with van der Waals surface area (Å²) in [4.78, 5) is 22.6. The highest BCUT2D eigenvalue weighted by Crippen LogP contribution is 2.24. The summed E-state index contributed by atoms with van der Waals surface area (Å²) in [6, 6.07) is 9.90. The molecule has 2 rings (SSSR count). The number of hydrogen-bond acceptors (Lipinski definition) is 5. The third kappa shape index (κ3) is 3.66. The maximum atomic E-state index is 12.2. The highest BCUT2D eigenvalue weighted by molar-refractivity contribution is 5.92. The van der Waals surface area contributed by atoms with E-state index in [2.05, 4.69) is 0 Å². The van der Waals surface area contributed by atoms with Crippen LogP contribution in [0, 0.1) is 24.0 Å². The van der Waals surface area contributed by atoms with Crippen LogP contribution in [0.15, 0.2) is 36.4 Å². The van der Waals surface area contributed by atoms with Gasteiger partial charge in [0.1, 0.15) is 12.4 Å². The zero-order valence-electron chi connectivity index (χ0n) is 13.2. The van der Waals surface area contributed by atoms with Gasteiger partial charge in [-0.25, -0.2) is 4.79 Å². The maximum absolute atomic E-state index is 12.2. The van der Waals surface area contributed by atoms with Gasteiger partial charge in [0, 0.05) is 17.2 Å². The van der Waals surface area contributed by atoms with Gasteiger partial charge in [-0.3, -0.25) is 10.1 Å². The van der Waals surface area contributed by atoms with Crippen molar-refractivity contribution in [2.24, 2.45) is 0 Å². The number of esters is 1. The molecular weight excluding hydrogens is 298 g/mol. The summed E-state index contributed by atoms with van der Waals surface area (Å²) in [5.74, 6) is 0.0222. The smallest absolute Gasteiger partial charge is 0.338 e. The van der Waals surface area contributed by atoms with Gasteiger partial charge in [0.05, 0.1) is 17.6 Å². The van der Waals surface area contributed by atoms with Crippen LogP contribution in [0.25, 0.3) is 0 Å². The van der Waals surface area contributed by atoms with E-state index in [1.807, 2.05) is 19.1 Å². The zero-order valence-corrected chi connectivity index (χ0v) is 13.2. The molecule has 0 amide bonds. The number of benzene rings is 2. The normalized spacial score (nSPS) is 10.2. The Balaban J connectivity index is 2.19. The van der Waals surface area contributed by atoms with Crippen molar-refractivity contribution < 1.29 is 19.2 Å². The van der Waals surface area contributed by atoms with Crippen molar-refractivity contribution >= 4 is 11.7 Å². The quantitative estimate of drug-likeness (QED) is 0.479. The number of carbonyl (C=O) groups excluding carboxylic acids is 1. The van der Waals surface area contributed by atoms with Crippen molar-refractivity contribution in [1.29, 1.82) is 0 Å². The van der Waals surface area contributed by atoms with E-state index >= 15 is 0 Å². The highest BCUT2D eigenvalue weighted by atomic mass is 16.6. The molecule has 0 N–H and O–H groups in total. The molecule has 23 heavy (non-hydrogen) atoms. The molecular formula is C17H17NO5. The standard InChI is InChI=1S/C17H17NO5/c1-11-7-8-16(22-3)13(9-11)10-23-17(19)14-5-4-6-15(12(14)2)18(20)21/h4-9H,10H2,1-3H3. The maximum Gasteiger partial charge on any atom is 0.338 e. The molecule has 120 valence electrons. The first-order valence-corrected chi connectivity index (χ1v) is 6.98. The number of methoxy groups -OCH3 is 1. The lowest BCUT2D eigenvalue weighted by Crippen LogP contribution is -2.09. The number of nitrogens with zero attached hydrogens (tertiary/aromatic N) is 1. The van der Waals surface area contributed by atoms with Crippen LogP contribution in [0.2, 0.25) is 0 Å². The Bertz CT molecular complexity index is 755. The van der Waals surface area contributed by atoms with E-state index in [0.717, 1.165) is 11.1 Å². The Morgan fingerprint density at radius 1 is 1.22 bits per heavy atom. The van der Waals surface area contributed by atoms with Crippen molar-refractivity contribution in [2.75, 3.05) is 7.11 Å². The van der Waals surface area contributed by atoms with Crippen LogP contribution in [-0.4, -0.2) is 18.0 Å². The zero-order chi connectivity index (χ0) is 17.0. The predicted molar refractivity (Wildman–Crippen MR) is 84.7 cm³/mol. The Hall–Kier alpha value is -2.89. The Morgan fingerprint density at radius 2 is 1.96 bits per heavy atom. The first-order valence-electron chi connectivity index (χ1n) is 6.98. The van der Waals surface area contributed by atoms with Gasteiger partial charge in [-0.2, -0.15) is 0 Å². The highest BCUT2D eigenvalue weighted by Gasteiger charge is 2.19. The lowest BCUT2D eigenvalue weighted by molar-refractivity contribution is -0.385. The lowest BCUT2D eigenvalue weighted by atomic mass is 10.1. The number of carbonyl (C=O) groups is 1. The Labute approximate surface area is 133 Å². The van der Waals surface area contributed by atoms with Gasteiger partial charge in [-0.1, -0.05) is 17.7 Å². The minimum Gasteiger partial charge on any atom is -0.496 e. The van der Waals surface area contributed by atoms with Crippen molar-refractivity contribution in [2.45, 2.75) is 20.5 Å². The van der Waals surface area contributed by atoms with Crippen LogP contribution in [0.5, 0.6) is 5.75 Å². The minimum atomic E-state index is -0.602. The van der Waals surface area contributed by atoms with Gasteiger partial charge in [-0.15, -0.1) is 0 Å². The van der Waals surface area contributed by atoms with Crippen LogP contribution < -0.4 is 4.74 Å². The minimum absolute atomic E-state index is 0.0336. The summed E-state index contributed by atoms with van der Waals surface area (Å²) < 4.78 is 10.5. The number of rotatable bonds is 5. The molecule has 0 saturated carbocycles. The average Bonchev–Trinajstić information content (AvgIpc) is 2.52. The monoisotopic (exact) mass is 315 g/mol. The molecule has 0 fully saturated rings. The lowest BCUT2D eigenvalue weighted by Gasteiger charge is -2.11. The number of hydrogen-bond donors (Lipinski definition) is 0. The van der Waals surface area contributed by atoms with Crippen LogP contribution in [0.1, 0.15) is 27.0 Å². The van der Waals surface area contributed by atoms with Crippen molar-refractivity contribution in [3.8, 4) is 5.75 Å². The molecule has 0 atom stereocenters. The third-order valence-electron chi connectivity index (χ3n) is 3.52. The number of nitro benzene ring substituents is 1. The Morgan fingerprint density at radius 3 is 2.61 bits per heavy atom. The van der Waals surface area contributed by atoms with Crippen molar-refractivity contribution in [3.05, 3.63) is 68.8 Å². The summed E-state index contributed by atoms with van der Waals surface area (Å²) in [7, 11) is 1.54. The van der Waals surface area contributed by atoms with E-state index in [1.54, 1.807) is 13.2 Å². The second kappa shape index (κ2) is 6.91. The molecule has 0 aromatic heterocycles. The molecule has 6 heteroatoms. The average molecular weight is 315 g/mol. The summed E-state index contributed by atoms with van der Waals surface area (Å²) in [6.07, 6.45) is 0. The molecule has 0 heterocycles. The van der Waals surface area contributed by atoms with E-state index in [0.29, 0.717) is 11.3 Å². The van der Waals surface area contributed by atoms with E-state index in [4.69, 9.17) is 9.47 Å². The molecule has 0 bridgehead atoms. The van der Waals surface area contributed by atoms with E-state index < -0.39 is 10.9 Å². The van der Waals surface area contributed by atoms with Crippen molar-refractivity contribution in [3.63, 3.8) is 0 Å².